The molecule has 1 saturated heterocycles. The Labute approximate surface area is 201 Å². The van der Waals surface area contributed by atoms with E-state index in [1.54, 1.807) is 0 Å². The fourth-order valence-electron chi connectivity index (χ4n) is 5.27. The monoisotopic (exact) mass is 444 g/mol. The van der Waals surface area contributed by atoms with Gasteiger partial charge >= 0.3 is 7.12 Å². The lowest BCUT2D eigenvalue weighted by molar-refractivity contribution is 0.00578. The largest absolute Gasteiger partial charge is 0.496 e. The Balaban J connectivity index is 1.75. The molecule has 1 aliphatic heterocycles. The molecule has 1 heterocycles. The van der Waals surface area contributed by atoms with E-state index in [-0.39, 0.29) is 0 Å². The predicted molar refractivity (Wildman–Crippen MR) is 145 cm³/mol. The first-order valence-electron chi connectivity index (χ1n) is 12.1. The Kier molecular flexibility index (Phi) is 4.68. The average molecular weight is 444 g/mol. The number of rotatable bonds is 2. The second-order valence-corrected chi connectivity index (χ2v) is 10.5. The summed E-state index contributed by atoms with van der Waals surface area (Å²) in [5.41, 5.74) is 4.09. The van der Waals surface area contributed by atoms with E-state index in [1.807, 2.05) is 0 Å². The fourth-order valence-corrected chi connectivity index (χ4v) is 5.27. The summed E-state index contributed by atoms with van der Waals surface area (Å²) in [7, 11) is -0.429. The molecule has 0 spiro atoms. The van der Waals surface area contributed by atoms with Gasteiger partial charge in [0.25, 0.3) is 0 Å². The third-order valence-electron chi connectivity index (χ3n) is 7.77. The van der Waals surface area contributed by atoms with Crippen molar-refractivity contribution in [3.63, 3.8) is 0 Å². The molecule has 0 amide bonds. The van der Waals surface area contributed by atoms with Crippen LogP contribution < -0.4 is 5.46 Å². The van der Waals surface area contributed by atoms with Gasteiger partial charge in [0.05, 0.1) is 11.2 Å². The first-order valence-corrected chi connectivity index (χ1v) is 12.1. The lowest BCUT2D eigenvalue weighted by Crippen LogP contribution is -2.41. The molecule has 1 fully saturated rings. The fraction of sp³-hybridized carbons (Fsp3) is 0.226. The zero-order chi connectivity index (χ0) is 23.7. The third-order valence-corrected chi connectivity index (χ3v) is 7.77. The molecule has 0 unspecified atom stereocenters. The molecule has 5 aromatic rings. The van der Waals surface area contributed by atoms with E-state index in [0.717, 1.165) is 5.46 Å². The van der Waals surface area contributed by atoms with Crippen LogP contribution >= 0.6 is 0 Å². The molecule has 1 aliphatic rings. The highest BCUT2D eigenvalue weighted by Crippen LogP contribution is 2.42. The average Bonchev–Trinajstić information content (AvgIpc) is 3.03. The molecule has 5 aromatic carbocycles. The zero-order valence-electron chi connectivity index (χ0n) is 20.5. The van der Waals surface area contributed by atoms with Crippen molar-refractivity contribution in [2.75, 3.05) is 0 Å². The summed E-state index contributed by atoms with van der Waals surface area (Å²) in [5, 5.41) is 7.34. The third kappa shape index (κ3) is 3.11. The van der Waals surface area contributed by atoms with E-state index in [9.17, 15) is 0 Å². The normalized spacial score (nSPS) is 17.1. The number of benzene rings is 5. The molecule has 3 heteroatoms. The van der Waals surface area contributed by atoms with Crippen molar-refractivity contribution in [1.82, 2.24) is 0 Å². The van der Waals surface area contributed by atoms with Gasteiger partial charge in [-0.15, -0.1) is 0 Å². The Morgan fingerprint density at radius 2 is 1.18 bits per heavy atom. The van der Waals surface area contributed by atoms with Gasteiger partial charge < -0.3 is 9.31 Å². The summed E-state index contributed by atoms with van der Waals surface area (Å²) in [4.78, 5) is 0. The second kappa shape index (κ2) is 7.43. The quantitative estimate of drug-likeness (QED) is 0.208. The SMILES string of the molecule is Cc1ccc2c(B3OC(C)(C)C(C)(C)O3)c3ccccc3c(-c3cccc4ccccc34)c2c1. The molecular weight excluding hydrogens is 415 g/mol. The van der Waals surface area contributed by atoms with Crippen molar-refractivity contribution in [1.29, 1.82) is 0 Å². The van der Waals surface area contributed by atoms with Crippen LogP contribution in [0.1, 0.15) is 33.3 Å². The summed E-state index contributed by atoms with van der Waals surface area (Å²) < 4.78 is 13.2. The van der Waals surface area contributed by atoms with Crippen LogP contribution in [-0.2, 0) is 9.31 Å². The van der Waals surface area contributed by atoms with Gasteiger partial charge in [0.15, 0.2) is 0 Å². The van der Waals surface area contributed by atoms with Crippen molar-refractivity contribution in [3.05, 3.63) is 90.5 Å². The maximum absolute atomic E-state index is 6.59. The van der Waals surface area contributed by atoms with Crippen LogP contribution in [0.15, 0.2) is 84.9 Å². The van der Waals surface area contributed by atoms with Gasteiger partial charge in [0.2, 0.25) is 0 Å². The highest BCUT2D eigenvalue weighted by molar-refractivity contribution is 6.69. The summed E-state index contributed by atoms with van der Waals surface area (Å²) in [6, 6.07) is 30.7. The van der Waals surface area contributed by atoms with Crippen LogP contribution in [-0.4, -0.2) is 18.3 Å². The summed E-state index contributed by atoms with van der Waals surface area (Å²) in [6.07, 6.45) is 0. The van der Waals surface area contributed by atoms with Gasteiger partial charge in [-0.05, 0) is 83.5 Å². The van der Waals surface area contributed by atoms with E-state index in [4.69, 9.17) is 9.31 Å². The molecule has 0 aromatic heterocycles. The van der Waals surface area contributed by atoms with E-state index < -0.39 is 18.3 Å². The van der Waals surface area contributed by atoms with Crippen LogP contribution in [0.3, 0.4) is 0 Å². The topological polar surface area (TPSA) is 18.5 Å². The zero-order valence-corrected chi connectivity index (χ0v) is 20.5. The van der Waals surface area contributed by atoms with Crippen molar-refractivity contribution >= 4 is 44.9 Å². The molecule has 6 rings (SSSR count). The first kappa shape index (κ1) is 21.4. The van der Waals surface area contributed by atoms with Crippen molar-refractivity contribution in [2.45, 2.75) is 45.8 Å². The van der Waals surface area contributed by atoms with Crippen molar-refractivity contribution < 1.29 is 9.31 Å². The van der Waals surface area contributed by atoms with Gasteiger partial charge in [-0.2, -0.15) is 0 Å². The maximum Gasteiger partial charge on any atom is 0.496 e. The van der Waals surface area contributed by atoms with Gasteiger partial charge in [-0.25, -0.2) is 0 Å². The minimum Gasteiger partial charge on any atom is -0.399 e. The van der Waals surface area contributed by atoms with E-state index in [2.05, 4.69) is 120 Å². The molecule has 0 atom stereocenters. The summed E-state index contributed by atoms with van der Waals surface area (Å²) >= 11 is 0. The number of hydrogen-bond acceptors (Lipinski definition) is 2. The lowest BCUT2D eigenvalue weighted by atomic mass is 9.71. The van der Waals surface area contributed by atoms with Crippen LogP contribution in [0.2, 0.25) is 0 Å². The molecule has 0 aliphatic carbocycles. The number of aryl methyl sites for hydroxylation is 1. The molecule has 2 nitrogen and oxygen atoms in total. The predicted octanol–water partition coefficient (Wildman–Crippen LogP) is 7.42. The number of hydrogen-bond donors (Lipinski definition) is 0. The van der Waals surface area contributed by atoms with E-state index in [1.165, 1.54) is 49.0 Å². The van der Waals surface area contributed by atoms with Gasteiger partial charge in [-0.3, -0.25) is 0 Å². The van der Waals surface area contributed by atoms with E-state index in [0.29, 0.717) is 0 Å². The Hall–Kier alpha value is -3.14. The molecular formula is C31H29BO2. The molecule has 168 valence electrons. The molecule has 34 heavy (non-hydrogen) atoms. The standard InChI is InChI=1S/C31H29BO2/c1-20-17-18-26-27(19-20)28(23-16-10-12-21-11-6-7-13-22(21)23)24-14-8-9-15-25(24)29(26)32-33-30(2,3)31(4,5)34-32/h6-19H,1-5H3. The van der Waals surface area contributed by atoms with Crippen LogP contribution in [0, 0.1) is 6.92 Å². The van der Waals surface area contributed by atoms with Crippen molar-refractivity contribution in [3.8, 4) is 11.1 Å². The summed E-state index contributed by atoms with van der Waals surface area (Å²) in [6.45, 7) is 10.6. The summed E-state index contributed by atoms with van der Waals surface area (Å²) in [5.74, 6) is 0. The molecule has 0 saturated carbocycles. The minimum absolute atomic E-state index is 0.399. The van der Waals surface area contributed by atoms with Crippen LogP contribution in [0.4, 0.5) is 0 Å². The highest BCUT2D eigenvalue weighted by atomic mass is 16.7. The molecule has 0 radical (unpaired) electrons. The molecule has 0 N–H and O–H groups in total. The van der Waals surface area contributed by atoms with Gasteiger partial charge in [0.1, 0.15) is 0 Å². The number of fused-ring (bicyclic) bond motifs is 3. The Morgan fingerprint density at radius 1 is 0.588 bits per heavy atom. The van der Waals surface area contributed by atoms with Gasteiger partial charge in [-0.1, -0.05) is 90.5 Å². The van der Waals surface area contributed by atoms with E-state index >= 15 is 0 Å². The molecule has 0 bridgehead atoms. The van der Waals surface area contributed by atoms with Crippen LogP contribution in [0.25, 0.3) is 43.4 Å². The first-order chi connectivity index (χ1) is 16.3. The van der Waals surface area contributed by atoms with Gasteiger partial charge in [0, 0.05) is 0 Å². The highest BCUT2D eigenvalue weighted by Gasteiger charge is 2.52. The smallest absolute Gasteiger partial charge is 0.399 e. The maximum atomic E-state index is 6.59. The van der Waals surface area contributed by atoms with Crippen LogP contribution in [0.5, 0.6) is 0 Å². The lowest BCUT2D eigenvalue weighted by Gasteiger charge is -2.32. The minimum atomic E-state index is -0.429. The Morgan fingerprint density at radius 3 is 1.91 bits per heavy atom. The second-order valence-electron chi connectivity index (χ2n) is 10.5. The Bertz CT molecular complexity index is 1560. The van der Waals surface area contributed by atoms with Crippen molar-refractivity contribution in [2.24, 2.45) is 0 Å².